The normalized spacial score (nSPS) is 10.8. The van der Waals surface area contributed by atoms with Crippen molar-refractivity contribution in [2.45, 2.75) is 34.1 Å². The highest BCUT2D eigenvalue weighted by molar-refractivity contribution is 6.30. The van der Waals surface area contributed by atoms with Gasteiger partial charge < -0.3 is 10.6 Å². The van der Waals surface area contributed by atoms with Crippen molar-refractivity contribution < 1.29 is 0 Å². The van der Waals surface area contributed by atoms with Crippen LogP contribution in [0.2, 0.25) is 5.02 Å². The molecule has 0 aliphatic rings. The molecule has 1 aromatic heterocycles. The van der Waals surface area contributed by atoms with Gasteiger partial charge in [0.1, 0.15) is 5.82 Å². The molecule has 0 radical (unpaired) electrons. The Morgan fingerprint density at radius 1 is 1.14 bits per heavy atom. The van der Waals surface area contributed by atoms with Crippen molar-refractivity contribution in [2.24, 2.45) is 5.92 Å². The van der Waals surface area contributed by atoms with E-state index in [9.17, 15) is 0 Å². The van der Waals surface area contributed by atoms with Gasteiger partial charge in [-0.1, -0.05) is 31.5 Å². The maximum atomic E-state index is 6.06. The topological polar surface area (TPSA) is 49.8 Å². The summed E-state index contributed by atoms with van der Waals surface area (Å²) >= 11 is 6.06. The fourth-order valence-electron chi connectivity index (χ4n) is 2.05. The first-order chi connectivity index (χ1) is 10.4. The van der Waals surface area contributed by atoms with Crippen LogP contribution in [0.25, 0.3) is 0 Å². The van der Waals surface area contributed by atoms with Crippen molar-refractivity contribution in [3.8, 4) is 0 Å². The molecule has 4 nitrogen and oxygen atoms in total. The molecule has 0 saturated carbocycles. The number of nitrogens with one attached hydrogen (secondary N) is 2. The Labute approximate surface area is 137 Å². The molecule has 0 amide bonds. The summed E-state index contributed by atoms with van der Waals surface area (Å²) in [5, 5.41) is 7.30. The van der Waals surface area contributed by atoms with Crippen LogP contribution in [0.5, 0.6) is 0 Å². The minimum absolute atomic E-state index is 0.655. The third kappa shape index (κ3) is 4.88. The van der Waals surface area contributed by atoms with Crippen molar-refractivity contribution >= 4 is 29.1 Å². The second kappa shape index (κ2) is 7.45. The lowest BCUT2D eigenvalue weighted by atomic mass is 10.1. The van der Waals surface area contributed by atoms with Crippen LogP contribution in [0.3, 0.4) is 0 Å². The van der Waals surface area contributed by atoms with Gasteiger partial charge in [0.2, 0.25) is 5.95 Å². The van der Waals surface area contributed by atoms with E-state index in [4.69, 9.17) is 11.6 Å². The number of benzene rings is 1. The molecule has 1 heterocycles. The molecule has 22 heavy (non-hydrogen) atoms. The average molecular weight is 319 g/mol. The molecule has 0 atom stereocenters. The minimum atomic E-state index is 0.655. The second-order valence-corrected chi connectivity index (χ2v) is 6.35. The Kier molecular flexibility index (Phi) is 5.61. The van der Waals surface area contributed by atoms with Gasteiger partial charge in [-0.15, -0.1) is 0 Å². The smallest absolute Gasteiger partial charge is 0.224 e. The van der Waals surface area contributed by atoms with Crippen LogP contribution in [0.4, 0.5) is 17.5 Å². The summed E-state index contributed by atoms with van der Waals surface area (Å²) in [5.41, 5.74) is 3.00. The first-order valence-corrected chi connectivity index (χ1v) is 7.94. The highest BCUT2D eigenvalue weighted by Crippen LogP contribution is 2.24. The highest BCUT2D eigenvalue weighted by Gasteiger charge is 2.05. The van der Waals surface area contributed by atoms with E-state index < -0.39 is 0 Å². The predicted octanol–water partition coefficient (Wildman–Crippen LogP) is 4.95. The molecule has 0 unspecified atom stereocenters. The molecule has 2 aromatic rings. The monoisotopic (exact) mass is 318 g/mol. The van der Waals surface area contributed by atoms with Crippen LogP contribution in [0.15, 0.2) is 24.3 Å². The number of hydrogen-bond acceptors (Lipinski definition) is 4. The second-order valence-electron chi connectivity index (χ2n) is 5.91. The number of anilines is 3. The standard InChI is InChI=1S/C17H23ClN4/c1-11(2)7-8-19-17-20-13(4)9-16(22-17)21-15-10-14(18)6-5-12(15)3/h5-6,9-11H,7-8H2,1-4H3,(H2,19,20,21,22). The van der Waals surface area contributed by atoms with Gasteiger partial charge in [-0.2, -0.15) is 4.98 Å². The molecule has 0 aliphatic carbocycles. The van der Waals surface area contributed by atoms with E-state index in [0.29, 0.717) is 16.9 Å². The third-order valence-corrected chi connectivity index (χ3v) is 3.56. The predicted molar refractivity (Wildman–Crippen MR) is 94.2 cm³/mol. The van der Waals surface area contributed by atoms with Crippen molar-refractivity contribution in [3.05, 3.63) is 40.5 Å². The molecule has 0 aliphatic heterocycles. The summed E-state index contributed by atoms with van der Waals surface area (Å²) in [5.74, 6) is 2.08. The summed E-state index contributed by atoms with van der Waals surface area (Å²) in [4.78, 5) is 8.94. The zero-order valence-corrected chi connectivity index (χ0v) is 14.3. The molecule has 2 N–H and O–H groups in total. The SMILES string of the molecule is Cc1cc(Nc2cc(Cl)ccc2C)nc(NCCC(C)C)n1. The molecule has 1 aromatic carbocycles. The summed E-state index contributed by atoms with van der Waals surface area (Å²) in [6.45, 7) is 9.28. The van der Waals surface area contributed by atoms with Crippen molar-refractivity contribution in [1.29, 1.82) is 0 Å². The van der Waals surface area contributed by atoms with E-state index in [1.165, 1.54) is 0 Å². The fourth-order valence-corrected chi connectivity index (χ4v) is 2.22. The molecule has 2 rings (SSSR count). The van der Waals surface area contributed by atoms with Crippen LogP contribution in [0.1, 0.15) is 31.5 Å². The Morgan fingerprint density at radius 3 is 2.64 bits per heavy atom. The fraction of sp³-hybridized carbons (Fsp3) is 0.412. The first kappa shape index (κ1) is 16.6. The Morgan fingerprint density at radius 2 is 1.91 bits per heavy atom. The molecule has 0 bridgehead atoms. The van der Waals surface area contributed by atoms with Crippen molar-refractivity contribution in [2.75, 3.05) is 17.2 Å². The van der Waals surface area contributed by atoms with Crippen molar-refractivity contribution in [1.82, 2.24) is 9.97 Å². The number of halogens is 1. The maximum absolute atomic E-state index is 6.06. The highest BCUT2D eigenvalue weighted by atomic mass is 35.5. The maximum Gasteiger partial charge on any atom is 0.224 e. The van der Waals surface area contributed by atoms with Crippen LogP contribution in [0, 0.1) is 19.8 Å². The van der Waals surface area contributed by atoms with Crippen molar-refractivity contribution in [3.63, 3.8) is 0 Å². The molecule has 0 spiro atoms. The van der Waals surface area contributed by atoms with Gasteiger partial charge in [-0.05, 0) is 43.9 Å². The van der Waals surface area contributed by atoms with E-state index in [2.05, 4.69) is 34.4 Å². The molecule has 0 fully saturated rings. The third-order valence-electron chi connectivity index (χ3n) is 3.32. The van der Waals surface area contributed by atoms with Gasteiger partial charge in [-0.3, -0.25) is 0 Å². The van der Waals surface area contributed by atoms with E-state index in [1.807, 2.05) is 38.1 Å². The molecular formula is C17H23ClN4. The van der Waals surface area contributed by atoms with E-state index in [0.717, 1.165) is 35.7 Å². The lowest BCUT2D eigenvalue weighted by Gasteiger charge is -2.12. The Hall–Kier alpha value is -1.81. The van der Waals surface area contributed by atoms with Gasteiger partial charge >= 0.3 is 0 Å². The number of aromatic nitrogens is 2. The number of hydrogen-bond donors (Lipinski definition) is 2. The molecule has 0 saturated heterocycles. The van der Waals surface area contributed by atoms with Gasteiger partial charge in [0.15, 0.2) is 0 Å². The molecular weight excluding hydrogens is 296 g/mol. The van der Waals surface area contributed by atoms with Gasteiger partial charge in [-0.25, -0.2) is 4.98 Å². The van der Waals surface area contributed by atoms with Crippen LogP contribution in [-0.4, -0.2) is 16.5 Å². The zero-order chi connectivity index (χ0) is 16.1. The zero-order valence-electron chi connectivity index (χ0n) is 13.6. The first-order valence-electron chi connectivity index (χ1n) is 7.57. The Balaban J connectivity index is 2.13. The lowest BCUT2D eigenvalue weighted by molar-refractivity contribution is 0.606. The average Bonchev–Trinajstić information content (AvgIpc) is 2.42. The van der Waals surface area contributed by atoms with E-state index in [1.54, 1.807) is 0 Å². The molecule has 118 valence electrons. The van der Waals surface area contributed by atoms with Crippen LogP contribution < -0.4 is 10.6 Å². The summed E-state index contributed by atoms with van der Waals surface area (Å²) < 4.78 is 0. The van der Waals surface area contributed by atoms with E-state index >= 15 is 0 Å². The van der Waals surface area contributed by atoms with Crippen LogP contribution in [-0.2, 0) is 0 Å². The number of aryl methyl sites for hydroxylation is 2. The minimum Gasteiger partial charge on any atom is -0.354 e. The van der Waals surface area contributed by atoms with E-state index in [-0.39, 0.29) is 0 Å². The number of nitrogens with zero attached hydrogens (tertiary/aromatic N) is 2. The van der Waals surface area contributed by atoms with Crippen LogP contribution >= 0.6 is 11.6 Å². The number of rotatable bonds is 6. The molecule has 5 heteroatoms. The quantitative estimate of drug-likeness (QED) is 0.791. The van der Waals surface area contributed by atoms with Gasteiger partial charge in [0.05, 0.1) is 0 Å². The Bertz CT molecular complexity index is 641. The van der Waals surface area contributed by atoms with Gasteiger partial charge in [0, 0.05) is 29.0 Å². The summed E-state index contributed by atoms with van der Waals surface area (Å²) in [6, 6.07) is 7.70. The summed E-state index contributed by atoms with van der Waals surface area (Å²) in [6.07, 6.45) is 1.09. The largest absolute Gasteiger partial charge is 0.354 e. The summed E-state index contributed by atoms with van der Waals surface area (Å²) in [7, 11) is 0. The lowest BCUT2D eigenvalue weighted by Crippen LogP contribution is -2.09. The van der Waals surface area contributed by atoms with Gasteiger partial charge in [0.25, 0.3) is 0 Å².